The second-order valence-electron chi connectivity index (χ2n) is 5.03. The van der Waals surface area contributed by atoms with Gasteiger partial charge in [-0.25, -0.2) is 0 Å². The Morgan fingerprint density at radius 3 is 2.50 bits per heavy atom. The number of hydrogen-bond donors (Lipinski definition) is 1. The fourth-order valence-corrected chi connectivity index (χ4v) is 3.76. The Bertz CT molecular complexity index is 553. The van der Waals surface area contributed by atoms with Gasteiger partial charge in [0.25, 0.3) is 0 Å². The number of benzene rings is 1. The molecule has 2 rings (SSSR count). The minimum atomic E-state index is 0.0447. The lowest BCUT2D eigenvalue weighted by Crippen LogP contribution is -2.36. The lowest BCUT2D eigenvalue weighted by Gasteiger charge is -2.31. The number of likely N-dealkylation sites (N-methyl/N-ethyl adjacent to an activating group) is 1. The summed E-state index contributed by atoms with van der Waals surface area (Å²) >= 11 is 11.2. The van der Waals surface area contributed by atoms with Gasteiger partial charge >= 0.3 is 0 Å². The first kappa shape index (κ1) is 16.0. The highest BCUT2D eigenvalue weighted by molar-refractivity contribution is 9.11. The van der Waals surface area contributed by atoms with Crippen molar-refractivity contribution in [1.29, 1.82) is 0 Å². The van der Waals surface area contributed by atoms with Crippen molar-refractivity contribution in [3.63, 3.8) is 0 Å². The molecule has 0 saturated carbocycles. The van der Waals surface area contributed by atoms with Crippen LogP contribution in [0.2, 0.25) is 5.02 Å². The molecule has 1 aromatic carbocycles. The first-order chi connectivity index (χ1) is 9.47. The molecule has 0 saturated heterocycles. The van der Waals surface area contributed by atoms with Gasteiger partial charge < -0.3 is 5.73 Å². The third-order valence-corrected chi connectivity index (χ3v) is 5.04. The Labute approximate surface area is 137 Å². The van der Waals surface area contributed by atoms with Gasteiger partial charge in [-0.2, -0.15) is 0 Å². The van der Waals surface area contributed by atoms with E-state index >= 15 is 0 Å². The molecule has 2 unspecified atom stereocenters. The molecule has 2 atom stereocenters. The molecule has 2 N–H and O–H groups in total. The van der Waals surface area contributed by atoms with Crippen LogP contribution in [0.1, 0.15) is 24.1 Å². The highest BCUT2D eigenvalue weighted by Gasteiger charge is 2.21. The Balaban J connectivity index is 2.17. The maximum Gasteiger partial charge on any atom is 0.0701 e. The molecule has 0 fully saturated rings. The van der Waals surface area contributed by atoms with E-state index in [2.05, 4.69) is 51.5 Å². The largest absolute Gasteiger partial charge is 0.326 e. The second-order valence-corrected chi connectivity index (χ2v) is 7.76. The van der Waals surface area contributed by atoms with E-state index < -0.39 is 0 Å². The molecule has 1 heterocycles. The summed E-state index contributed by atoms with van der Waals surface area (Å²) in [7, 11) is 2.11. The van der Waals surface area contributed by atoms with Crippen LogP contribution >= 0.6 is 38.9 Å². The van der Waals surface area contributed by atoms with Gasteiger partial charge in [0.15, 0.2) is 0 Å². The molecule has 0 aliphatic carbocycles. The topological polar surface area (TPSA) is 29.3 Å². The van der Waals surface area contributed by atoms with E-state index in [4.69, 9.17) is 17.3 Å². The second kappa shape index (κ2) is 7.05. The minimum Gasteiger partial charge on any atom is -0.326 e. The fourth-order valence-electron chi connectivity index (χ4n) is 2.43. The van der Waals surface area contributed by atoms with Crippen molar-refractivity contribution in [3.8, 4) is 0 Å². The number of halogens is 2. The Morgan fingerprint density at radius 2 is 2.00 bits per heavy atom. The van der Waals surface area contributed by atoms with Gasteiger partial charge in [-0.1, -0.05) is 23.7 Å². The van der Waals surface area contributed by atoms with Gasteiger partial charge in [-0.15, -0.1) is 11.3 Å². The third-order valence-electron chi connectivity index (χ3n) is 3.24. The van der Waals surface area contributed by atoms with Crippen LogP contribution in [0.3, 0.4) is 0 Å². The van der Waals surface area contributed by atoms with E-state index in [-0.39, 0.29) is 12.1 Å². The summed E-state index contributed by atoms with van der Waals surface area (Å²) < 4.78 is 1.16. The molecule has 2 nitrogen and oxygen atoms in total. The number of nitrogens with zero attached hydrogens (tertiary/aromatic N) is 1. The molecule has 20 heavy (non-hydrogen) atoms. The molecular weight excluding hydrogens is 356 g/mol. The van der Waals surface area contributed by atoms with Crippen LogP contribution in [0, 0.1) is 0 Å². The molecular formula is C15H18BrClN2S. The summed E-state index contributed by atoms with van der Waals surface area (Å²) in [4.78, 5) is 2.28. The van der Waals surface area contributed by atoms with Crippen LogP contribution in [0.5, 0.6) is 0 Å². The van der Waals surface area contributed by atoms with Crippen molar-refractivity contribution in [2.75, 3.05) is 7.05 Å². The molecule has 0 aliphatic heterocycles. The summed E-state index contributed by atoms with van der Waals surface area (Å²) in [5.41, 5.74) is 8.68. The molecule has 1 aromatic heterocycles. The molecule has 0 aliphatic rings. The predicted molar refractivity (Wildman–Crippen MR) is 91.3 cm³/mol. The van der Waals surface area contributed by atoms with E-state index in [1.165, 1.54) is 11.1 Å². The van der Waals surface area contributed by atoms with Crippen molar-refractivity contribution in [2.24, 2.45) is 5.73 Å². The van der Waals surface area contributed by atoms with Crippen LogP contribution in [-0.2, 0) is 6.54 Å². The number of nitrogens with two attached hydrogens (primary N) is 1. The lowest BCUT2D eigenvalue weighted by molar-refractivity contribution is 0.211. The maximum absolute atomic E-state index is 6.19. The standard InChI is InChI=1S/C15H18BrClN2S/c1-10(18)15(12-3-5-13(17)6-4-12)19(2)8-11-7-14(16)20-9-11/h3-7,9-10,15H,8,18H2,1-2H3. The van der Waals surface area contributed by atoms with Crippen LogP contribution in [0.4, 0.5) is 0 Å². The van der Waals surface area contributed by atoms with Crippen molar-refractivity contribution in [1.82, 2.24) is 4.90 Å². The molecule has 108 valence electrons. The average molecular weight is 374 g/mol. The lowest BCUT2D eigenvalue weighted by atomic mass is 9.99. The van der Waals surface area contributed by atoms with Crippen LogP contribution in [0.25, 0.3) is 0 Å². The summed E-state index contributed by atoms with van der Waals surface area (Å²) in [6.45, 7) is 2.91. The Morgan fingerprint density at radius 1 is 1.35 bits per heavy atom. The van der Waals surface area contributed by atoms with Crippen LogP contribution in [-0.4, -0.2) is 18.0 Å². The van der Waals surface area contributed by atoms with Crippen molar-refractivity contribution in [3.05, 3.63) is 55.6 Å². The zero-order valence-corrected chi connectivity index (χ0v) is 14.7. The van der Waals surface area contributed by atoms with E-state index in [1.807, 2.05) is 19.1 Å². The summed E-state index contributed by atoms with van der Waals surface area (Å²) in [6.07, 6.45) is 0. The Hall–Kier alpha value is -0.390. The molecule has 0 spiro atoms. The molecule has 0 amide bonds. The van der Waals surface area contributed by atoms with E-state index in [1.54, 1.807) is 11.3 Å². The Kier molecular flexibility index (Phi) is 5.64. The summed E-state index contributed by atoms with van der Waals surface area (Å²) in [5.74, 6) is 0. The van der Waals surface area contributed by atoms with E-state index in [0.717, 1.165) is 15.4 Å². The van der Waals surface area contributed by atoms with Crippen LogP contribution in [0.15, 0.2) is 39.5 Å². The van der Waals surface area contributed by atoms with Gasteiger partial charge in [0.05, 0.1) is 3.79 Å². The molecule has 0 bridgehead atoms. The fraction of sp³-hybridized carbons (Fsp3) is 0.333. The van der Waals surface area contributed by atoms with Gasteiger partial charge in [0.2, 0.25) is 0 Å². The van der Waals surface area contributed by atoms with Gasteiger partial charge in [0.1, 0.15) is 0 Å². The van der Waals surface area contributed by atoms with Crippen LogP contribution < -0.4 is 5.73 Å². The predicted octanol–water partition coefficient (Wildman–Crippen LogP) is 4.68. The van der Waals surface area contributed by atoms with Gasteiger partial charge in [-0.05, 0) is 64.6 Å². The highest BCUT2D eigenvalue weighted by atomic mass is 79.9. The number of thiophene rings is 1. The quantitative estimate of drug-likeness (QED) is 0.824. The summed E-state index contributed by atoms with van der Waals surface area (Å²) in [6, 6.07) is 10.3. The first-order valence-electron chi connectivity index (χ1n) is 6.41. The summed E-state index contributed by atoms with van der Waals surface area (Å²) in [5, 5.41) is 2.92. The van der Waals surface area contributed by atoms with Crippen molar-refractivity contribution < 1.29 is 0 Å². The minimum absolute atomic E-state index is 0.0447. The third kappa shape index (κ3) is 4.06. The van der Waals surface area contributed by atoms with Crippen molar-refractivity contribution >= 4 is 38.9 Å². The zero-order chi connectivity index (χ0) is 14.7. The van der Waals surface area contributed by atoms with Gasteiger partial charge in [-0.3, -0.25) is 4.90 Å². The smallest absolute Gasteiger partial charge is 0.0701 e. The van der Waals surface area contributed by atoms with Crippen molar-refractivity contribution in [2.45, 2.75) is 25.6 Å². The normalized spacial score (nSPS) is 14.5. The number of hydrogen-bond acceptors (Lipinski definition) is 3. The molecule has 0 radical (unpaired) electrons. The van der Waals surface area contributed by atoms with E-state index in [0.29, 0.717) is 0 Å². The van der Waals surface area contributed by atoms with E-state index in [9.17, 15) is 0 Å². The first-order valence-corrected chi connectivity index (χ1v) is 8.46. The molecule has 2 aromatic rings. The number of rotatable bonds is 5. The maximum atomic E-state index is 6.19. The monoisotopic (exact) mass is 372 g/mol. The van der Waals surface area contributed by atoms with Gasteiger partial charge in [0, 0.05) is 23.7 Å². The molecule has 5 heteroatoms. The highest BCUT2D eigenvalue weighted by Crippen LogP contribution is 2.27. The SMILES string of the molecule is CC(N)C(c1ccc(Cl)cc1)N(C)Cc1csc(Br)c1. The average Bonchev–Trinajstić information content (AvgIpc) is 2.77. The zero-order valence-electron chi connectivity index (χ0n) is 11.5.